The minimum atomic E-state index is -0.239. The molecule has 0 saturated carbocycles. The molecule has 1 aliphatic rings. The summed E-state index contributed by atoms with van der Waals surface area (Å²) in [5, 5.41) is 10.8. The van der Waals surface area contributed by atoms with Gasteiger partial charge in [0.15, 0.2) is 5.17 Å². The number of carbonyl (C=O) groups excluding carboxylic acids is 2. The van der Waals surface area contributed by atoms with Gasteiger partial charge in [0.1, 0.15) is 5.75 Å². The zero-order valence-electron chi connectivity index (χ0n) is 17.0. The molecule has 0 unspecified atom stereocenters. The number of phenolic OH excluding ortho intramolecular Hbond substituents is 1. The van der Waals surface area contributed by atoms with Crippen LogP contribution < -0.4 is 4.90 Å². The number of hydrogen-bond donors (Lipinski definition) is 1. The number of nitrogens with zero attached hydrogens (tertiary/aromatic N) is 2. The highest BCUT2D eigenvalue weighted by atomic mass is 32.2. The lowest BCUT2D eigenvalue weighted by atomic mass is 10.1. The van der Waals surface area contributed by atoms with Crippen LogP contribution in [0.15, 0.2) is 58.4 Å². The number of carbonyl (C=O) groups is 2. The van der Waals surface area contributed by atoms with E-state index in [-0.39, 0.29) is 17.6 Å². The number of benzene rings is 2. The van der Waals surface area contributed by atoms with Gasteiger partial charge in [-0.1, -0.05) is 43.3 Å². The molecule has 2 aromatic carbocycles. The van der Waals surface area contributed by atoms with Crippen LogP contribution >= 0.6 is 11.8 Å². The Hall–Kier alpha value is -3.06. The van der Waals surface area contributed by atoms with Crippen molar-refractivity contribution in [3.8, 4) is 5.75 Å². The van der Waals surface area contributed by atoms with Crippen molar-refractivity contribution in [1.82, 2.24) is 0 Å². The van der Waals surface area contributed by atoms with Crippen molar-refractivity contribution in [1.29, 1.82) is 0 Å². The van der Waals surface area contributed by atoms with Crippen LogP contribution in [0.4, 0.5) is 5.69 Å². The lowest BCUT2D eigenvalue weighted by Gasteiger charge is -2.16. The second-order valence-corrected chi connectivity index (χ2v) is 7.73. The molecule has 30 heavy (non-hydrogen) atoms. The van der Waals surface area contributed by atoms with E-state index < -0.39 is 0 Å². The van der Waals surface area contributed by atoms with E-state index in [1.54, 1.807) is 24.3 Å². The zero-order chi connectivity index (χ0) is 21.5. The maximum Gasteiger partial charge on any atom is 0.305 e. The smallest absolute Gasteiger partial charge is 0.305 e. The zero-order valence-corrected chi connectivity index (χ0v) is 17.8. The summed E-state index contributed by atoms with van der Waals surface area (Å²) in [6.07, 6.45) is 3.61. The molecule has 0 bridgehead atoms. The number of amides is 1. The summed E-state index contributed by atoms with van der Waals surface area (Å²) in [6.45, 7) is 2.62. The fourth-order valence-electron chi connectivity index (χ4n) is 2.93. The van der Waals surface area contributed by atoms with Crippen LogP contribution in [0.1, 0.15) is 30.9 Å². The first-order chi connectivity index (χ1) is 14.5. The van der Waals surface area contributed by atoms with Crippen LogP contribution in [-0.4, -0.2) is 35.8 Å². The second-order valence-electron chi connectivity index (χ2n) is 6.72. The van der Waals surface area contributed by atoms with E-state index in [0.29, 0.717) is 35.1 Å². The van der Waals surface area contributed by atoms with Crippen LogP contribution in [0, 0.1) is 0 Å². The number of anilines is 1. The van der Waals surface area contributed by atoms with Gasteiger partial charge in [0.05, 0.1) is 17.7 Å². The van der Waals surface area contributed by atoms with E-state index in [1.807, 2.05) is 37.3 Å². The first-order valence-electron chi connectivity index (χ1n) is 9.75. The molecule has 1 amide bonds. The van der Waals surface area contributed by atoms with E-state index in [1.165, 1.54) is 23.8 Å². The summed E-state index contributed by atoms with van der Waals surface area (Å²) in [4.78, 5) is 30.9. The number of esters is 1. The van der Waals surface area contributed by atoms with Gasteiger partial charge in [-0.25, -0.2) is 0 Å². The van der Waals surface area contributed by atoms with Gasteiger partial charge in [-0.05, 0) is 53.9 Å². The van der Waals surface area contributed by atoms with E-state index in [2.05, 4.69) is 9.73 Å². The summed E-state index contributed by atoms with van der Waals surface area (Å²) in [5.41, 5.74) is 2.32. The van der Waals surface area contributed by atoms with Gasteiger partial charge in [0.2, 0.25) is 0 Å². The van der Waals surface area contributed by atoms with Crippen LogP contribution in [0.25, 0.3) is 6.08 Å². The van der Waals surface area contributed by atoms with Gasteiger partial charge >= 0.3 is 5.97 Å². The Morgan fingerprint density at radius 2 is 1.93 bits per heavy atom. The molecule has 0 spiro atoms. The summed E-state index contributed by atoms with van der Waals surface area (Å²) in [5.74, 6) is -0.421. The van der Waals surface area contributed by atoms with Crippen molar-refractivity contribution in [2.45, 2.75) is 26.2 Å². The molecule has 1 fully saturated rings. The third kappa shape index (κ3) is 5.10. The molecule has 0 atom stereocenters. The quantitative estimate of drug-likeness (QED) is 0.527. The number of phenols is 1. The Balaban J connectivity index is 1.84. The van der Waals surface area contributed by atoms with Crippen molar-refractivity contribution in [2.75, 3.05) is 18.6 Å². The first-order valence-corrected chi connectivity index (χ1v) is 10.6. The van der Waals surface area contributed by atoms with Gasteiger partial charge in [-0.3, -0.25) is 19.5 Å². The first kappa shape index (κ1) is 21.6. The highest BCUT2D eigenvalue weighted by Crippen LogP contribution is 2.39. The van der Waals surface area contributed by atoms with Gasteiger partial charge < -0.3 is 9.84 Å². The number of aryl methyl sites for hydroxylation is 1. The standard InChI is InChI=1S/C23H24N2O4S/c1-3-14-24-23-25(18-6-4-5-7-19(18)26)22(28)20(30-23)15-17-10-8-16(9-11-17)12-13-21(27)29-2/h4-11,15,26H,3,12-14H2,1-2H3/b20-15-,24-23?. The maximum atomic E-state index is 13.1. The van der Waals surface area contributed by atoms with Crippen molar-refractivity contribution in [2.24, 2.45) is 4.99 Å². The number of rotatable bonds is 7. The number of thioether (sulfide) groups is 1. The number of aromatic hydroxyl groups is 1. The topological polar surface area (TPSA) is 79.2 Å². The summed E-state index contributed by atoms with van der Waals surface area (Å²) < 4.78 is 4.67. The minimum absolute atomic E-state index is 0.0341. The second kappa shape index (κ2) is 10.1. The molecule has 2 aromatic rings. The number of hydrogen-bond acceptors (Lipinski definition) is 6. The highest BCUT2D eigenvalue weighted by molar-refractivity contribution is 8.19. The van der Waals surface area contributed by atoms with E-state index in [0.717, 1.165) is 17.5 Å². The predicted octanol–water partition coefficient (Wildman–Crippen LogP) is 4.38. The number of para-hydroxylation sites is 2. The number of amidine groups is 1. The number of methoxy groups -OCH3 is 1. The molecular formula is C23H24N2O4S. The molecule has 7 heteroatoms. The van der Waals surface area contributed by atoms with Crippen LogP contribution in [0.3, 0.4) is 0 Å². The lowest BCUT2D eigenvalue weighted by Crippen LogP contribution is -2.29. The number of ether oxygens (including phenoxy) is 1. The lowest BCUT2D eigenvalue weighted by molar-refractivity contribution is -0.140. The van der Waals surface area contributed by atoms with Gasteiger partial charge in [-0.2, -0.15) is 0 Å². The Morgan fingerprint density at radius 1 is 1.20 bits per heavy atom. The molecule has 156 valence electrons. The predicted molar refractivity (Wildman–Crippen MR) is 121 cm³/mol. The van der Waals surface area contributed by atoms with Crippen molar-refractivity contribution in [3.05, 3.63) is 64.6 Å². The Morgan fingerprint density at radius 3 is 2.60 bits per heavy atom. The average molecular weight is 425 g/mol. The molecule has 1 saturated heterocycles. The molecule has 0 radical (unpaired) electrons. The monoisotopic (exact) mass is 424 g/mol. The van der Waals surface area contributed by atoms with Crippen molar-refractivity contribution < 1.29 is 19.4 Å². The molecular weight excluding hydrogens is 400 g/mol. The van der Waals surface area contributed by atoms with E-state index in [4.69, 9.17) is 0 Å². The van der Waals surface area contributed by atoms with Gasteiger partial charge in [0, 0.05) is 13.0 Å². The fourth-order valence-corrected chi connectivity index (χ4v) is 3.93. The van der Waals surface area contributed by atoms with Gasteiger partial charge in [0.25, 0.3) is 5.91 Å². The molecule has 3 rings (SSSR count). The molecule has 0 aliphatic carbocycles. The number of aliphatic imine (C=N–C) groups is 1. The largest absolute Gasteiger partial charge is 0.506 e. The molecule has 1 aliphatic heterocycles. The van der Waals surface area contributed by atoms with Gasteiger partial charge in [-0.15, -0.1) is 0 Å². The molecule has 6 nitrogen and oxygen atoms in total. The Kier molecular flexibility index (Phi) is 7.30. The Bertz CT molecular complexity index is 983. The van der Waals surface area contributed by atoms with Crippen LogP contribution in [-0.2, 0) is 20.7 Å². The van der Waals surface area contributed by atoms with Crippen LogP contribution in [0.2, 0.25) is 0 Å². The molecule has 1 heterocycles. The van der Waals surface area contributed by atoms with E-state index in [9.17, 15) is 14.7 Å². The fraction of sp³-hybridized carbons (Fsp3) is 0.261. The van der Waals surface area contributed by atoms with Crippen molar-refractivity contribution in [3.63, 3.8) is 0 Å². The SMILES string of the molecule is CCCN=C1S/C(=C\c2ccc(CCC(=O)OC)cc2)C(=O)N1c1ccccc1O. The third-order valence-corrected chi connectivity index (χ3v) is 5.53. The minimum Gasteiger partial charge on any atom is -0.506 e. The summed E-state index contributed by atoms with van der Waals surface area (Å²) in [6, 6.07) is 14.5. The Labute approximate surface area is 180 Å². The maximum absolute atomic E-state index is 13.1. The third-order valence-electron chi connectivity index (χ3n) is 4.52. The molecule has 0 aromatic heterocycles. The normalized spacial score (nSPS) is 16.5. The highest BCUT2D eigenvalue weighted by Gasteiger charge is 2.35. The molecule has 1 N–H and O–H groups in total. The summed E-state index contributed by atoms with van der Waals surface area (Å²) >= 11 is 1.30. The average Bonchev–Trinajstić information content (AvgIpc) is 3.06. The summed E-state index contributed by atoms with van der Waals surface area (Å²) in [7, 11) is 1.38. The van der Waals surface area contributed by atoms with Crippen molar-refractivity contribution >= 4 is 40.6 Å². The van der Waals surface area contributed by atoms with Crippen LogP contribution in [0.5, 0.6) is 5.75 Å². The van der Waals surface area contributed by atoms with E-state index >= 15 is 0 Å².